The normalized spacial score (nSPS) is 14.9. The molecule has 1 fully saturated rings. The van der Waals surface area contributed by atoms with Crippen LogP contribution in [0.2, 0.25) is 0 Å². The van der Waals surface area contributed by atoms with E-state index in [4.69, 9.17) is 5.11 Å². The highest BCUT2D eigenvalue weighted by Crippen LogP contribution is 2.40. The predicted molar refractivity (Wildman–Crippen MR) is 61.5 cm³/mol. The largest absolute Gasteiger partial charge is 0.480 e. The van der Waals surface area contributed by atoms with Crippen LogP contribution in [0.3, 0.4) is 0 Å². The van der Waals surface area contributed by atoms with Crippen molar-refractivity contribution < 1.29 is 9.90 Å². The van der Waals surface area contributed by atoms with Crippen molar-refractivity contribution in [2.45, 2.75) is 34.8 Å². The zero-order valence-electron chi connectivity index (χ0n) is 9.05. The molecule has 2 aromatic heterocycles. The molecule has 0 aromatic carbocycles. The van der Waals surface area contributed by atoms with E-state index in [1.54, 1.807) is 0 Å². The highest BCUT2D eigenvalue weighted by molar-refractivity contribution is 8.00. The number of hydrogen-bond acceptors (Lipinski definition) is 8. The molecule has 1 N–H and O–H groups in total. The zero-order chi connectivity index (χ0) is 12.5. The number of tetrazole rings is 1. The van der Waals surface area contributed by atoms with Crippen molar-refractivity contribution in [3.63, 3.8) is 0 Å². The molecule has 2 aromatic rings. The number of carbonyl (C=O) groups is 1. The van der Waals surface area contributed by atoms with Crippen molar-refractivity contribution in [1.82, 2.24) is 29.6 Å². The van der Waals surface area contributed by atoms with E-state index in [2.05, 4.69) is 24.9 Å². The van der Waals surface area contributed by atoms with Crippen LogP contribution in [-0.4, -0.2) is 40.6 Å². The Kier molecular flexibility index (Phi) is 2.96. The maximum absolute atomic E-state index is 10.6. The first-order chi connectivity index (χ1) is 8.72. The van der Waals surface area contributed by atoms with Crippen molar-refractivity contribution >= 4 is 29.3 Å². The van der Waals surface area contributed by atoms with Crippen LogP contribution in [0.1, 0.15) is 24.6 Å². The lowest BCUT2D eigenvalue weighted by Gasteiger charge is -1.97. The van der Waals surface area contributed by atoms with Crippen LogP contribution in [0.4, 0.5) is 0 Å². The smallest absolute Gasteiger partial charge is 0.325 e. The lowest BCUT2D eigenvalue weighted by Crippen LogP contribution is -2.11. The van der Waals surface area contributed by atoms with Gasteiger partial charge in [-0.15, -0.1) is 5.10 Å². The van der Waals surface area contributed by atoms with Crippen LogP contribution in [0.25, 0.3) is 0 Å². The summed E-state index contributed by atoms with van der Waals surface area (Å²) in [6.07, 6.45) is 2.30. The molecule has 94 valence electrons. The minimum Gasteiger partial charge on any atom is -0.480 e. The van der Waals surface area contributed by atoms with Crippen molar-refractivity contribution in [3.05, 3.63) is 5.82 Å². The van der Waals surface area contributed by atoms with Gasteiger partial charge < -0.3 is 5.11 Å². The van der Waals surface area contributed by atoms with Gasteiger partial charge in [0.05, 0.1) is 0 Å². The Labute approximate surface area is 110 Å². The standard InChI is InChI=1S/C8H8N6O2S2/c15-5(16)3-14-7(10-12-13-14)17-8-9-6(11-18-8)4-1-2-4/h4H,1-3H2,(H,15,16). The molecule has 1 saturated carbocycles. The Bertz CT molecular complexity index is 578. The Morgan fingerprint density at radius 1 is 1.56 bits per heavy atom. The van der Waals surface area contributed by atoms with E-state index in [9.17, 15) is 4.79 Å². The fourth-order valence-corrected chi connectivity index (χ4v) is 2.90. The van der Waals surface area contributed by atoms with E-state index in [1.807, 2.05) is 0 Å². The minimum atomic E-state index is -0.986. The summed E-state index contributed by atoms with van der Waals surface area (Å²) in [4.78, 5) is 15.0. The van der Waals surface area contributed by atoms with Gasteiger partial charge in [-0.05, 0) is 46.6 Å². The maximum atomic E-state index is 10.6. The monoisotopic (exact) mass is 284 g/mol. The topological polar surface area (TPSA) is 107 Å². The Morgan fingerprint density at radius 2 is 2.39 bits per heavy atom. The lowest BCUT2D eigenvalue weighted by molar-refractivity contribution is -0.138. The van der Waals surface area contributed by atoms with Gasteiger partial charge in [0.2, 0.25) is 5.16 Å². The molecule has 10 heteroatoms. The molecule has 0 saturated heterocycles. The first kappa shape index (κ1) is 11.5. The van der Waals surface area contributed by atoms with Gasteiger partial charge in [0, 0.05) is 5.92 Å². The summed E-state index contributed by atoms with van der Waals surface area (Å²) in [6.45, 7) is -0.260. The Hall–Kier alpha value is -1.55. The first-order valence-electron chi connectivity index (χ1n) is 5.22. The van der Waals surface area contributed by atoms with Crippen LogP contribution in [0, 0.1) is 0 Å². The third-order valence-electron chi connectivity index (χ3n) is 2.33. The summed E-state index contributed by atoms with van der Waals surface area (Å²) in [6, 6.07) is 0. The summed E-state index contributed by atoms with van der Waals surface area (Å²) in [5, 5.41) is 20.0. The van der Waals surface area contributed by atoms with E-state index in [0.29, 0.717) is 11.1 Å². The highest BCUT2D eigenvalue weighted by atomic mass is 32.2. The summed E-state index contributed by atoms with van der Waals surface area (Å²) in [5.74, 6) is 0.394. The molecule has 0 bridgehead atoms. The number of aromatic nitrogens is 6. The molecule has 0 amide bonds. The van der Waals surface area contributed by atoms with Gasteiger partial charge in [0.15, 0.2) is 4.34 Å². The minimum absolute atomic E-state index is 0.260. The number of aliphatic carboxylic acids is 1. The molecule has 0 atom stereocenters. The summed E-state index contributed by atoms with van der Waals surface area (Å²) in [7, 11) is 0. The lowest BCUT2D eigenvalue weighted by atomic mass is 10.4. The van der Waals surface area contributed by atoms with Gasteiger partial charge in [0.1, 0.15) is 12.4 Å². The van der Waals surface area contributed by atoms with Crippen LogP contribution < -0.4 is 0 Å². The van der Waals surface area contributed by atoms with Crippen molar-refractivity contribution in [1.29, 1.82) is 0 Å². The summed E-state index contributed by atoms with van der Waals surface area (Å²) < 4.78 is 6.23. The zero-order valence-corrected chi connectivity index (χ0v) is 10.7. The molecular weight excluding hydrogens is 276 g/mol. The number of hydrogen-bond donors (Lipinski definition) is 1. The van der Waals surface area contributed by atoms with Crippen LogP contribution in [0.5, 0.6) is 0 Å². The van der Waals surface area contributed by atoms with Crippen molar-refractivity contribution in [2.24, 2.45) is 0 Å². The molecule has 2 heterocycles. The van der Waals surface area contributed by atoms with Gasteiger partial charge >= 0.3 is 5.97 Å². The maximum Gasteiger partial charge on any atom is 0.325 e. The summed E-state index contributed by atoms with van der Waals surface area (Å²) in [5.41, 5.74) is 0. The molecule has 1 aliphatic rings. The fourth-order valence-electron chi connectivity index (χ4n) is 1.34. The quantitative estimate of drug-likeness (QED) is 0.852. The van der Waals surface area contributed by atoms with Gasteiger partial charge in [-0.25, -0.2) is 9.67 Å². The van der Waals surface area contributed by atoms with Crippen LogP contribution in [-0.2, 0) is 11.3 Å². The number of rotatable bonds is 5. The van der Waals surface area contributed by atoms with Gasteiger partial charge in [0.25, 0.3) is 0 Å². The third kappa shape index (κ3) is 2.48. The Morgan fingerprint density at radius 3 is 3.11 bits per heavy atom. The number of carboxylic acid groups (broad SMARTS) is 1. The van der Waals surface area contributed by atoms with E-state index in [1.165, 1.54) is 28.0 Å². The third-order valence-corrected chi connectivity index (χ3v) is 4.07. The molecule has 0 unspecified atom stereocenters. The second kappa shape index (κ2) is 4.61. The Balaban J connectivity index is 1.74. The molecule has 8 nitrogen and oxygen atoms in total. The van der Waals surface area contributed by atoms with Crippen molar-refractivity contribution in [2.75, 3.05) is 0 Å². The molecule has 0 spiro atoms. The van der Waals surface area contributed by atoms with Crippen LogP contribution >= 0.6 is 23.3 Å². The molecular formula is C8H8N6O2S2. The second-order valence-electron chi connectivity index (χ2n) is 3.81. The summed E-state index contributed by atoms with van der Waals surface area (Å²) >= 11 is 2.53. The van der Waals surface area contributed by atoms with E-state index < -0.39 is 5.97 Å². The number of carboxylic acids is 1. The van der Waals surface area contributed by atoms with Crippen molar-refractivity contribution in [3.8, 4) is 0 Å². The second-order valence-corrected chi connectivity index (χ2v) is 5.77. The first-order valence-corrected chi connectivity index (χ1v) is 6.81. The molecule has 18 heavy (non-hydrogen) atoms. The van der Waals surface area contributed by atoms with E-state index in [-0.39, 0.29) is 6.54 Å². The SMILES string of the molecule is O=C(O)Cn1nnnc1Sc1nc(C2CC2)ns1. The fraction of sp³-hybridized carbons (Fsp3) is 0.500. The predicted octanol–water partition coefficient (Wildman–Crippen LogP) is 0.638. The molecule has 1 aliphatic carbocycles. The highest BCUT2D eigenvalue weighted by Gasteiger charge is 2.28. The van der Waals surface area contributed by atoms with Gasteiger partial charge in [-0.1, -0.05) is 0 Å². The van der Waals surface area contributed by atoms with E-state index >= 15 is 0 Å². The van der Waals surface area contributed by atoms with Crippen LogP contribution in [0.15, 0.2) is 9.50 Å². The molecule has 3 rings (SSSR count). The number of nitrogens with zero attached hydrogens (tertiary/aromatic N) is 6. The van der Waals surface area contributed by atoms with Gasteiger partial charge in [-0.3, -0.25) is 4.79 Å². The van der Waals surface area contributed by atoms with E-state index in [0.717, 1.165) is 23.0 Å². The average molecular weight is 284 g/mol. The molecule has 0 radical (unpaired) electrons. The molecule has 0 aliphatic heterocycles. The van der Waals surface area contributed by atoms with Gasteiger partial charge in [-0.2, -0.15) is 4.37 Å². The average Bonchev–Trinajstić information content (AvgIpc) is 2.93.